The Morgan fingerprint density at radius 1 is 1.52 bits per heavy atom. The first kappa shape index (κ1) is 17.0. The minimum absolute atomic E-state index is 0.0491. The largest absolute Gasteiger partial charge is 0.466 e. The van der Waals surface area contributed by atoms with Gasteiger partial charge in [-0.2, -0.15) is 5.26 Å². The van der Waals surface area contributed by atoms with Crippen LogP contribution in [0.15, 0.2) is 22.8 Å². The molecule has 0 spiro atoms. The van der Waals surface area contributed by atoms with E-state index in [2.05, 4.69) is 0 Å². The number of unbranched alkanes of at least 4 members (excludes halogenated alkanes) is 1. The maximum atomic E-state index is 13.7. The Morgan fingerprint density at radius 2 is 2.30 bits per heavy atom. The van der Waals surface area contributed by atoms with Gasteiger partial charge < -0.3 is 14.9 Å². The van der Waals surface area contributed by atoms with Crippen molar-refractivity contribution in [3.63, 3.8) is 0 Å². The third-order valence-electron chi connectivity index (χ3n) is 3.51. The monoisotopic (exact) mass is 318 g/mol. The molecule has 2 N–H and O–H groups in total. The second-order valence-electron chi connectivity index (χ2n) is 5.45. The molecule has 0 fully saturated rings. The SMILES string of the molecule is CCCCOC(=O)CC(N)Cc1cc(F)cc2c(C#N)coc12. The number of halogens is 1. The van der Waals surface area contributed by atoms with E-state index >= 15 is 0 Å². The smallest absolute Gasteiger partial charge is 0.307 e. The Labute approximate surface area is 133 Å². The topological polar surface area (TPSA) is 89.2 Å². The number of furan rings is 1. The van der Waals surface area contributed by atoms with Crippen molar-refractivity contribution in [2.45, 2.75) is 38.6 Å². The van der Waals surface area contributed by atoms with Crippen LogP contribution in [0.5, 0.6) is 0 Å². The van der Waals surface area contributed by atoms with E-state index in [1.165, 1.54) is 18.4 Å². The summed E-state index contributed by atoms with van der Waals surface area (Å²) in [5.74, 6) is -0.834. The molecule has 0 aliphatic heterocycles. The quantitative estimate of drug-likeness (QED) is 0.626. The van der Waals surface area contributed by atoms with Crippen molar-refractivity contribution in [3.05, 3.63) is 35.3 Å². The molecule has 2 rings (SSSR count). The molecule has 0 bridgehead atoms. The fourth-order valence-corrected chi connectivity index (χ4v) is 2.37. The zero-order valence-corrected chi connectivity index (χ0v) is 13.0. The van der Waals surface area contributed by atoms with Gasteiger partial charge in [0.2, 0.25) is 0 Å². The standard InChI is InChI=1S/C17H19FN2O3/c1-2-3-4-22-16(21)8-14(20)6-11-5-13(18)7-15-12(9-19)10-23-17(11)15/h5,7,10,14H,2-4,6,8,20H2,1H3. The highest BCUT2D eigenvalue weighted by Gasteiger charge is 2.17. The fourth-order valence-electron chi connectivity index (χ4n) is 2.37. The number of nitrogens with two attached hydrogens (primary N) is 1. The Hall–Kier alpha value is -2.39. The normalized spacial score (nSPS) is 12.1. The molecule has 23 heavy (non-hydrogen) atoms. The number of nitriles is 1. The van der Waals surface area contributed by atoms with E-state index in [0.717, 1.165) is 12.8 Å². The van der Waals surface area contributed by atoms with Crippen LogP contribution < -0.4 is 5.73 Å². The number of ether oxygens (including phenoxy) is 1. The lowest BCUT2D eigenvalue weighted by Crippen LogP contribution is -2.27. The van der Waals surface area contributed by atoms with Gasteiger partial charge in [0.1, 0.15) is 23.7 Å². The maximum Gasteiger partial charge on any atom is 0.307 e. The number of nitrogens with zero attached hydrogens (tertiary/aromatic N) is 1. The van der Waals surface area contributed by atoms with Crippen molar-refractivity contribution in [1.82, 2.24) is 0 Å². The summed E-state index contributed by atoms with van der Waals surface area (Å²) in [6, 6.07) is 4.01. The third-order valence-corrected chi connectivity index (χ3v) is 3.51. The lowest BCUT2D eigenvalue weighted by Gasteiger charge is -2.12. The summed E-state index contributed by atoms with van der Waals surface area (Å²) in [6.45, 7) is 2.39. The second-order valence-corrected chi connectivity index (χ2v) is 5.45. The summed E-state index contributed by atoms with van der Waals surface area (Å²) in [7, 11) is 0. The summed E-state index contributed by atoms with van der Waals surface area (Å²) in [4.78, 5) is 11.7. The molecule has 1 unspecified atom stereocenters. The molecule has 1 atom stereocenters. The minimum atomic E-state index is -0.509. The zero-order chi connectivity index (χ0) is 16.8. The van der Waals surface area contributed by atoms with E-state index in [1.54, 1.807) is 0 Å². The van der Waals surface area contributed by atoms with E-state index in [0.29, 0.717) is 23.1 Å². The number of hydrogen-bond acceptors (Lipinski definition) is 5. The van der Waals surface area contributed by atoms with Gasteiger partial charge in [-0.15, -0.1) is 0 Å². The molecule has 0 aliphatic carbocycles. The van der Waals surface area contributed by atoms with Gasteiger partial charge in [0, 0.05) is 11.4 Å². The lowest BCUT2D eigenvalue weighted by atomic mass is 10.0. The highest BCUT2D eigenvalue weighted by Crippen LogP contribution is 2.26. The average Bonchev–Trinajstić information content (AvgIpc) is 2.90. The van der Waals surface area contributed by atoms with Crippen LogP contribution in [0, 0.1) is 17.1 Å². The molecule has 1 aromatic heterocycles. The van der Waals surface area contributed by atoms with Crippen LogP contribution in [0.4, 0.5) is 4.39 Å². The molecular formula is C17H19FN2O3. The zero-order valence-electron chi connectivity index (χ0n) is 13.0. The van der Waals surface area contributed by atoms with E-state index in [-0.39, 0.29) is 24.4 Å². The number of carbonyl (C=O) groups is 1. The van der Waals surface area contributed by atoms with Crippen molar-refractivity contribution in [3.8, 4) is 6.07 Å². The van der Waals surface area contributed by atoms with Crippen LogP contribution >= 0.6 is 0 Å². The summed E-state index contributed by atoms with van der Waals surface area (Å²) >= 11 is 0. The molecule has 0 aliphatic rings. The van der Waals surface area contributed by atoms with Crippen LogP contribution in [0.3, 0.4) is 0 Å². The van der Waals surface area contributed by atoms with Gasteiger partial charge in [0.05, 0.1) is 18.6 Å². The molecule has 0 amide bonds. The van der Waals surface area contributed by atoms with Gasteiger partial charge in [-0.05, 0) is 30.5 Å². The number of carbonyl (C=O) groups excluding carboxylic acids is 1. The van der Waals surface area contributed by atoms with E-state index in [4.69, 9.17) is 20.1 Å². The molecule has 2 aromatic rings. The van der Waals surface area contributed by atoms with Gasteiger partial charge in [-0.25, -0.2) is 4.39 Å². The fraction of sp³-hybridized carbons (Fsp3) is 0.412. The van der Waals surface area contributed by atoms with Crippen LogP contribution in [-0.4, -0.2) is 18.6 Å². The van der Waals surface area contributed by atoms with Crippen LogP contribution in [0.25, 0.3) is 11.0 Å². The molecule has 122 valence electrons. The van der Waals surface area contributed by atoms with Crippen LogP contribution in [0.2, 0.25) is 0 Å². The van der Waals surface area contributed by atoms with Crippen LogP contribution in [0.1, 0.15) is 37.3 Å². The van der Waals surface area contributed by atoms with Gasteiger partial charge in [-0.1, -0.05) is 13.3 Å². The average molecular weight is 318 g/mol. The summed E-state index contributed by atoms with van der Waals surface area (Å²) in [5, 5.41) is 9.41. The first-order valence-corrected chi connectivity index (χ1v) is 7.56. The summed E-state index contributed by atoms with van der Waals surface area (Å²) in [6.07, 6.45) is 3.36. The van der Waals surface area contributed by atoms with Crippen molar-refractivity contribution in [1.29, 1.82) is 5.26 Å². The highest BCUT2D eigenvalue weighted by molar-refractivity contribution is 5.86. The number of esters is 1. The number of fused-ring (bicyclic) bond motifs is 1. The third kappa shape index (κ3) is 4.30. The molecule has 6 heteroatoms. The maximum absolute atomic E-state index is 13.7. The molecule has 0 saturated carbocycles. The Kier molecular flexibility index (Phi) is 5.72. The molecule has 5 nitrogen and oxygen atoms in total. The summed E-state index contributed by atoms with van der Waals surface area (Å²) < 4.78 is 24.1. The van der Waals surface area contributed by atoms with Gasteiger partial charge in [0.15, 0.2) is 0 Å². The van der Waals surface area contributed by atoms with Crippen molar-refractivity contribution in [2.24, 2.45) is 5.73 Å². The number of rotatable bonds is 7. The Morgan fingerprint density at radius 3 is 3.00 bits per heavy atom. The van der Waals surface area contributed by atoms with Crippen LogP contribution in [-0.2, 0) is 16.0 Å². The van der Waals surface area contributed by atoms with Crippen molar-refractivity contribution < 1.29 is 18.3 Å². The first-order valence-electron chi connectivity index (χ1n) is 7.56. The van der Waals surface area contributed by atoms with Gasteiger partial charge in [-0.3, -0.25) is 4.79 Å². The lowest BCUT2D eigenvalue weighted by molar-refractivity contribution is -0.144. The summed E-state index contributed by atoms with van der Waals surface area (Å²) in [5.41, 5.74) is 7.20. The number of benzene rings is 1. The minimum Gasteiger partial charge on any atom is -0.466 e. The van der Waals surface area contributed by atoms with E-state index in [1.807, 2.05) is 13.0 Å². The first-order chi connectivity index (χ1) is 11.0. The van der Waals surface area contributed by atoms with Crippen molar-refractivity contribution in [2.75, 3.05) is 6.61 Å². The predicted molar refractivity (Wildman–Crippen MR) is 83.1 cm³/mol. The van der Waals surface area contributed by atoms with Gasteiger partial charge in [0.25, 0.3) is 0 Å². The number of hydrogen-bond donors (Lipinski definition) is 1. The predicted octanol–water partition coefficient (Wildman–Crippen LogP) is 3.05. The molecule has 1 heterocycles. The van der Waals surface area contributed by atoms with E-state index < -0.39 is 11.9 Å². The Bertz CT molecular complexity index is 733. The highest BCUT2D eigenvalue weighted by atomic mass is 19.1. The molecular weight excluding hydrogens is 299 g/mol. The molecule has 0 saturated heterocycles. The molecule has 1 aromatic carbocycles. The van der Waals surface area contributed by atoms with E-state index in [9.17, 15) is 9.18 Å². The van der Waals surface area contributed by atoms with Gasteiger partial charge >= 0.3 is 5.97 Å². The van der Waals surface area contributed by atoms with Crippen molar-refractivity contribution >= 4 is 16.9 Å². The second kappa shape index (κ2) is 7.75. The molecule has 0 radical (unpaired) electrons. The Balaban J connectivity index is 2.08.